The molecule has 0 unspecified atom stereocenters. The SMILES string of the molecule is CC(C)(C)c1cccc(C(=O)ON2C(=O)c3ccccc3C2=O)c1. The first-order chi connectivity index (χ1) is 11.3. The third kappa shape index (κ3) is 2.69. The summed E-state index contributed by atoms with van der Waals surface area (Å²) in [6.07, 6.45) is 0. The molecule has 122 valence electrons. The molecule has 2 amide bonds. The van der Waals surface area contributed by atoms with Crippen LogP contribution in [-0.2, 0) is 10.3 Å². The molecule has 0 bridgehead atoms. The van der Waals surface area contributed by atoms with Crippen molar-refractivity contribution in [1.82, 2.24) is 5.06 Å². The highest BCUT2D eigenvalue weighted by atomic mass is 16.7. The van der Waals surface area contributed by atoms with Crippen molar-refractivity contribution in [3.05, 3.63) is 70.8 Å². The molecule has 0 aromatic heterocycles. The first-order valence-corrected chi connectivity index (χ1v) is 7.60. The van der Waals surface area contributed by atoms with Crippen molar-refractivity contribution < 1.29 is 19.2 Å². The quantitative estimate of drug-likeness (QED) is 0.795. The van der Waals surface area contributed by atoms with Crippen LogP contribution in [0.3, 0.4) is 0 Å². The smallest absolute Gasteiger partial charge is 0.324 e. The molecule has 0 aliphatic carbocycles. The van der Waals surface area contributed by atoms with Gasteiger partial charge in [-0.15, -0.1) is 0 Å². The van der Waals surface area contributed by atoms with Crippen LogP contribution < -0.4 is 0 Å². The van der Waals surface area contributed by atoms with Crippen LogP contribution in [0.4, 0.5) is 0 Å². The van der Waals surface area contributed by atoms with Crippen molar-refractivity contribution in [2.45, 2.75) is 26.2 Å². The lowest BCUT2D eigenvalue weighted by Crippen LogP contribution is -2.32. The average Bonchev–Trinajstić information content (AvgIpc) is 2.80. The Hall–Kier alpha value is -2.95. The molecule has 0 radical (unpaired) electrons. The van der Waals surface area contributed by atoms with Gasteiger partial charge in [0.1, 0.15) is 0 Å². The van der Waals surface area contributed by atoms with Gasteiger partial charge < -0.3 is 4.84 Å². The number of nitrogens with zero attached hydrogens (tertiary/aromatic N) is 1. The van der Waals surface area contributed by atoms with Gasteiger partial charge in [0.05, 0.1) is 16.7 Å². The van der Waals surface area contributed by atoms with Crippen molar-refractivity contribution in [2.75, 3.05) is 0 Å². The van der Waals surface area contributed by atoms with E-state index in [1.807, 2.05) is 26.8 Å². The third-order valence-electron chi connectivity index (χ3n) is 3.90. The molecular formula is C19H17NO4. The third-order valence-corrected chi connectivity index (χ3v) is 3.90. The molecule has 0 N–H and O–H groups in total. The van der Waals surface area contributed by atoms with Crippen LogP contribution in [0.25, 0.3) is 0 Å². The Morgan fingerprint density at radius 2 is 1.50 bits per heavy atom. The number of hydroxylamine groups is 2. The van der Waals surface area contributed by atoms with Crippen molar-refractivity contribution in [3.8, 4) is 0 Å². The Kier molecular flexibility index (Phi) is 3.72. The van der Waals surface area contributed by atoms with Gasteiger partial charge in [-0.05, 0) is 35.2 Å². The minimum atomic E-state index is -0.740. The van der Waals surface area contributed by atoms with Gasteiger partial charge in [0.15, 0.2) is 0 Å². The minimum absolute atomic E-state index is 0.133. The molecule has 3 rings (SSSR count). The monoisotopic (exact) mass is 323 g/mol. The van der Waals surface area contributed by atoms with E-state index in [1.54, 1.807) is 30.3 Å². The fourth-order valence-electron chi connectivity index (χ4n) is 2.50. The van der Waals surface area contributed by atoms with Gasteiger partial charge in [0, 0.05) is 0 Å². The molecule has 0 saturated carbocycles. The van der Waals surface area contributed by atoms with Gasteiger partial charge in [-0.3, -0.25) is 9.59 Å². The summed E-state index contributed by atoms with van der Waals surface area (Å²) in [5, 5.41) is 0.525. The van der Waals surface area contributed by atoms with Gasteiger partial charge in [0.25, 0.3) is 11.8 Å². The summed E-state index contributed by atoms with van der Waals surface area (Å²) in [6, 6.07) is 13.3. The van der Waals surface area contributed by atoms with E-state index in [0.717, 1.165) is 5.56 Å². The normalized spacial score (nSPS) is 13.9. The number of carbonyl (C=O) groups is 3. The second-order valence-electron chi connectivity index (χ2n) is 6.66. The number of benzene rings is 2. The summed E-state index contributed by atoms with van der Waals surface area (Å²) in [7, 11) is 0. The molecule has 1 aliphatic rings. The fraction of sp³-hybridized carbons (Fsp3) is 0.211. The van der Waals surface area contributed by atoms with Crippen LogP contribution in [0.2, 0.25) is 0 Å². The molecular weight excluding hydrogens is 306 g/mol. The second kappa shape index (κ2) is 5.60. The maximum absolute atomic E-state index is 12.4. The summed E-state index contributed by atoms with van der Waals surface area (Å²) >= 11 is 0. The number of imide groups is 1. The lowest BCUT2D eigenvalue weighted by molar-refractivity contribution is -0.0584. The molecule has 24 heavy (non-hydrogen) atoms. The largest absolute Gasteiger partial charge is 0.363 e. The zero-order valence-electron chi connectivity index (χ0n) is 13.7. The van der Waals surface area contributed by atoms with E-state index in [0.29, 0.717) is 10.6 Å². The maximum Gasteiger partial charge on any atom is 0.363 e. The van der Waals surface area contributed by atoms with E-state index in [9.17, 15) is 14.4 Å². The number of amides is 2. The lowest BCUT2D eigenvalue weighted by Gasteiger charge is -2.19. The number of hydrogen-bond donors (Lipinski definition) is 0. The van der Waals surface area contributed by atoms with Gasteiger partial charge >= 0.3 is 5.97 Å². The van der Waals surface area contributed by atoms with Crippen LogP contribution in [0.5, 0.6) is 0 Å². The highest BCUT2D eigenvalue weighted by molar-refractivity contribution is 6.21. The van der Waals surface area contributed by atoms with Crippen LogP contribution >= 0.6 is 0 Å². The van der Waals surface area contributed by atoms with E-state index >= 15 is 0 Å². The Bertz CT molecular complexity index is 813. The van der Waals surface area contributed by atoms with E-state index in [4.69, 9.17) is 4.84 Å². The zero-order valence-corrected chi connectivity index (χ0v) is 13.7. The molecule has 0 fully saturated rings. The van der Waals surface area contributed by atoms with Crippen molar-refractivity contribution >= 4 is 17.8 Å². The summed E-state index contributed by atoms with van der Waals surface area (Å²) in [4.78, 5) is 41.9. The van der Waals surface area contributed by atoms with Gasteiger partial charge in [-0.1, -0.05) is 50.1 Å². The van der Waals surface area contributed by atoms with Crippen LogP contribution in [-0.4, -0.2) is 22.8 Å². The van der Waals surface area contributed by atoms with Crippen LogP contribution in [0, 0.1) is 0 Å². The van der Waals surface area contributed by atoms with Crippen LogP contribution in [0.1, 0.15) is 57.4 Å². The van der Waals surface area contributed by atoms with Crippen molar-refractivity contribution in [2.24, 2.45) is 0 Å². The van der Waals surface area contributed by atoms with E-state index in [2.05, 4.69) is 0 Å². The first-order valence-electron chi connectivity index (χ1n) is 7.60. The van der Waals surface area contributed by atoms with E-state index in [1.165, 1.54) is 12.1 Å². The minimum Gasteiger partial charge on any atom is -0.324 e. The average molecular weight is 323 g/mol. The summed E-state index contributed by atoms with van der Waals surface area (Å²) < 4.78 is 0. The lowest BCUT2D eigenvalue weighted by atomic mass is 9.86. The van der Waals surface area contributed by atoms with Gasteiger partial charge in [-0.25, -0.2) is 4.79 Å². The number of hydrogen-bond acceptors (Lipinski definition) is 4. The molecule has 2 aromatic carbocycles. The summed E-state index contributed by atoms with van der Waals surface area (Å²) in [5.41, 5.74) is 1.59. The Morgan fingerprint density at radius 1 is 0.917 bits per heavy atom. The Balaban J connectivity index is 1.84. The molecule has 1 heterocycles. The topological polar surface area (TPSA) is 63.7 Å². The fourth-order valence-corrected chi connectivity index (χ4v) is 2.50. The predicted molar refractivity (Wildman–Crippen MR) is 87.5 cm³/mol. The van der Waals surface area contributed by atoms with Gasteiger partial charge in [-0.2, -0.15) is 0 Å². The summed E-state index contributed by atoms with van der Waals surface area (Å²) in [6.45, 7) is 6.09. The number of fused-ring (bicyclic) bond motifs is 1. The maximum atomic E-state index is 12.4. The zero-order chi connectivity index (χ0) is 17.5. The molecule has 2 aromatic rings. The van der Waals surface area contributed by atoms with Crippen molar-refractivity contribution in [1.29, 1.82) is 0 Å². The molecule has 5 nitrogen and oxygen atoms in total. The number of rotatable bonds is 2. The molecule has 5 heteroatoms. The Morgan fingerprint density at radius 3 is 2.04 bits per heavy atom. The van der Waals surface area contributed by atoms with E-state index in [-0.39, 0.29) is 16.5 Å². The molecule has 1 aliphatic heterocycles. The second-order valence-corrected chi connectivity index (χ2v) is 6.66. The van der Waals surface area contributed by atoms with Crippen LogP contribution in [0.15, 0.2) is 48.5 Å². The van der Waals surface area contributed by atoms with Crippen molar-refractivity contribution in [3.63, 3.8) is 0 Å². The summed E-state index contributed by atoms with van der Waals surface area (Å²) in [5.74, 6) is -2.00. The van der Waals surface area contributed by atoms with Gasteiger partial charge in [0.2, 0.25) is 0 Å². The van der Waals surface area contributed by atoms with E-state index < -0.39 is 17.8 Å². The molecule has 0 saturated heterocycles. The highest BCUT2D eigenvalue weighted by Gasteiger charge is 2.38. The Labute approximate surface area is 139 Å². The standard InChI is InChI=1S/C19H17NO4/c1-19(2,3)13-8-6-7-12(11-13)18(23)24-20-16(21)14-9-4-5-10-15(14)17(20)22/h4-11H,1-3H3. The first kappa shape index (κ1) is 15.9. The predicted octanol–water partition coefficient (Wildman–Crippen LogP) is 3.35. The number of carbonyl (C=O) groups excluding carboxylic acids is 3. The molecule has 0 atom stereocenters. The highest BCUT2D eigenvalue weighted by Crippen LogP contribution is 2.25. The molecule has 0 spiro atoms.